The molecule has 0 bridgehead atoms. The maximum absolute atomic E-state index is 13.0. The summed E-state index contributed by atoms with van der Waals surface area (Å²) in [5.74, 6) is -1.64. The van der Waals surface area contributed by atoms with E-state index in [-0.39, 0.29) is 10.6 Å². The van der Waals surface area contributed by atoms with Gasteiger partial charge in [0.05, 0.1) is 16.8 Å². The predicted molar refractivity (Wildman–Crippen MR) is 91.1 cm³/mol. The summed E-state index contributed by atoms with van der Waals surface area (Å²) in [6.07, 6.45) is -5.99. The Balaban J connectivity index is 2.10. The Morgan fingerprint density at radius 3 is 2.31 bits per heavy atom. The molecule has 8 heteroatoms. The minimum absolute atomic E-state index is 0.117. The van der Waals surface area contributed by atoms with Gasteiger partial charge in [0.15, 0.2) is 6.10 Å². The molecule has 0 saturated heterocycles. The summed E-state index contributed by atoms with van der Waals surface area (Å²) in [7, 11) is 0. The fraction of sp³-hybridized carbons (Fsp3) is 0.222. The molecule has 0 aliphatic heterocycles. The van der Waals surface area contributed by atoms with E-state index in [4.69, 9.17) is 16.3 Å². The third-order valence-corrected chi connectivity index (χ3v) is 3.72. The maximum atomic E-state index is 13.0. The first-order valence-electron chi connectivity index (χ1n) is 7.53. The van der Waals surface area contributed by atoms with Crippen LogP contribution in [0, 0.1) is 6.92 Å². The van der Waals surface area contributed by atoms with Crippen LogP contribution in [0.3, 0.4) is 0 Å². The number of hydrogen-bond acceptors (Lipinski definition) is 3. The molecule has 0 heterocycles. The second-order valence-corrected chi connectivity index (χ2v) is 6.03. The highest BCUT2D eigenvalue weighted by Crippen LogP contribution is 2.36. The van der Waals surface area contributed by atoms with E-state index in [0.717, 1.165) is 11.6 Å². The van der Waals surface area contributed by atoms with Crippen LogP contribution in [0.15, 0.2) is 42.5 Å². The average molecular weight is 386 g/mol. The van der Waals surface area contributed by atoms with Crippen molar-refractivity contribution in [2.24, 2.45) is 0 Å². The van der Waals surface area contributed by atoms with Crippen LogP contribution in [0.4, 0.5) is 18.9 Å². The van der Waals surface area contributed by atoms with Gasteiger partial charge < -0.3 is 10.1 Å². The van der Waals surface area contributed by atoms with Gasteiger partial charge in [0.25, 0.3) is 5.91 Å². The van der Waals surface area contributed by atoms with E-state index in [1.165, 1.54) is 25.1 Å². The van der Waals surface area contributed by atoms with Crippen molar-refractivity contribution < 1.29 is 27.5 Å². The van der Waals surface area contributed by atoms with Gasteiger partial charge in [-0.2, -0.15) is 13.2 Å². The first kappa shape index (κ1) is 19.8. The van der Waals surface area contributed by atoms with Gasteiger partial charge in [0, 0.05) is 5.02 Å². The summed E-state index contributed by atoms with van der Waals surface area (Å²) in [5, 5.41) is 2.00. The number of carbonyl (C=O) groups excluding carboxylic acids is 2. The molecular formula is C18H15ClF3NO3. The molecule has 0 fully saturated rings. The van der Waals surface area contributed by atoms with Gasteiger partial charge in [-0.05, 0) is 44.2 Å². The molecule has 1 unspecified atom stereocenters. The third kappa shape index (κ3) is 4.98. The fourth-order valence-electron chi connectivity index (χ4n) is 2.07. The zero-order chi connectivity index (χ0) is 19.5. The van der Waals surface area contributed by atoms with Crippen molar-refractivity contribution in [2.45, 2.75) is 26.1 Å². The van der Waals surface area contributed by atoms with Crippen LogP contribution in [0.25, 0.3) is 0 Å². The Morgan fingerprint density at radius 1 is 1.12 bits per heavy atom. The number of anilines is 1. The molecule has 0 saturated carbocycles. The standard InChI is InChI=1S/C18H15ClF3NO3/c1-10-3-5-12(6-4-10)17(25)26-11(2)16(24)23-15-8-7-13(19)9-14(15)18(20,21)22/h3-9,11H,1-2H3,(H,23,24). The predicted octanol–water partition coefficient (Wildman–Crippen LogP) is 4.85. The maximum Gasteiger partial charge on any atom is 0.418 e. The molecule has 1 atom stereocenters. The van der Waals surface area contributed by atoms with Crippen molar-refractivity contribution in [1.29, 1.82) is 0 Å². The van der Waals surface area contributed by atoms with E-state index < -0.39 is 35.4 Å². The molecule has 4 nitrogen and oxygen atoms in total. The van der Waals surface area contributed by atoms with Gasteiger partial charge in [-0.25, -0.2) is 4.79 Å². The number of benzene rings is 2. The van der Waals surface area contributed by atoms with E-state index in [2.05, 4.69) is 5.32 Å². The summed E-state index contributed by atoms with van der Waals surface area (Å²) in [4.78, 5) is 24.1. The molecule has 2 aromatic carbocycles. The quantitative estimate of drug-likeness (QED) is 0.765. The van der Waals surface area contributed by atoms with Crippen molar-refractivity contribution in [3.8, 4) is 0 Å². The topological polar surface area (TPSA) is 55.4 Å². The third-order valence-electron chi connectivity index (χ3n) is 3.49. The first-order chi connectivity index (χ1) is 12.1. The second kappa shape index (κ2) is 7.78. The number of aryl methyl sites for hydroxylation is 1. The van der Waals surface area contributed by atoms with Crippen molar-refractivity contribution in [2.75, 3.05) is 5.32 Å². The number of ether oxygens (including phenoxy) is 1. The Bertz CT molecular complexity index is 819. The lowest BCUT2D eigenvalue weighted by molar-refractivity contribution is -0.137. The molecule has 138 valence electrons. The Kier molecular flexibility index (Phi) is 5.92. The monoisotopic (exact) mass is 385 g/mol. The number of amides is 1. The molecule has 0 aromatic heterocycles. The van der Waals surface area contributed by atoms with E-state index in [1.54, 1.807) is 12.1 Å². The van der Waals surface area contributed by atoms with Gasteiger partial charge in [0.2, 0.25) is 0 Å². The van der Waals surface area contributed by atoms with Crippen LogP contribution in [0.5, 0.6) is 0 Å². The molecule has 0 aliphatic carbocycles. The smallest absolute Gasteiger partial charge is 0.418 e. The fourth-order valence-corrected chi connectivity index (χ4v) is 2.24. The van der Waals surface area contributed by atoms with Crippen LogP contribution in [0.2, 0.25) is 5.02 Å². The Labute approximate surface area is 152 Å². The minimum atomic E-state index is -4.70. The van der Waals surface area contributed by atoms with Crippen molar-refractivity contribution in [3.63, 3.8) is 0 Å². The van der Waals surface area contributed by atoms with Crippen LogP contribution >= 0.6 is 11.6 Å². The number of halogens is 4. The molecule has 1 amide bonds. The van der Waals surface area contributed by atoms with E-state index >= 15 is 0 Å². The lowest BCUT2D eigenvalue weighted by atomic mass is 10.1. The Morgan fingerprint density at radius 2 is 1.73 bits per heavy atom. The second-order valence-electron chi connectivity index (χ2n) is 5.59. The number of alkyl halides is 3. The van der Waals surface area contributed by atoms with Crippen LogP contribution in [-0.2, 0) is 15.7 Å². The largest absolute Gasteiger partial charge is 0.449 e. The zero-order valence-corrected chi connectivity index (χ0v) is 14.6. The highest BCUT2D eigenvalue weighted by molar-refractivity contribution is 6.30. The van der Waals surface area contributed by atoms with Crippen LogP contribution in [0.1, 0.15) is 28.4 Å². The lowest BCUT2D eigenvalue weighted by Crippen LogP contribution is -2.30. The first-order valence-corrected chi connectivity index (χ1v) is 7.91. The number of hydrogen-bond donors (Lipinski definition) is 1. The van der Waals surface area contributed by atoms with Gasteiger partial charge in [-0.1, -0.05) is 29.3 Å². The molecule has 1 N–H and O–H groups in total. The van der Waals surface area contributed by atoms with Crippen molar-refractivity contribution in [1.82, 2.24) is 0 Å². The van der Waals surface area contributed by atoms with Crippen molar-refractivity contribution in [3.05, 3.63) is 64.2 Å². The van der Waals surface area contributed by atoms with E-state index in [0.29, 0.717) is 6.07 Å². The van der Waals surface area contributed by atoms with Crippen LogP contribution < -0.4 is 5.32 Å². The molecule has 2 rings (SSSR count). The minimum Gasteiger partial charge on any atom is -0.449 e. The normalized spacial score (nSPS) is 12.4. The summed E-state index contributed by atoms with van der Waals surface area (Å²) < 4.78 is 44.1. The SMILES string of the molecule is Cc1ccc(C(=O)OC(C)C(=O)Nc2ccc(Cl)cc2C(F)(F)F)cc1. The lowest BCUT2D eigenvalue weighted by Gasteiger charge is -2.17. The highest BCUT2D eigenvalue weighted by atomic mass is 35.5. The highest BCUT2D eigenvalue weighted by Gasteiger charge is 2.34. The van der Waals surface area contributed by atoms with Gasteiger partial charge in [-0.15, -0.1) is 0 Å². The Hall–Kier alpha value is -2.54. The molecule has 26 heavy (non-hydrogen) atoms. The number of carbonyl (C=O) groups is 2. The zero-order valence-electron chi connectivity index (χ0n) is 13.9. The summed E-state index contributed by atoms with van der Waals surface area (Å²) in [6.45, 7) is 3.11. The summed E-state index contributed by atoms with van der Waals surface area (Å²) in [6, 6.07) is 9.43. The van der Waals surface area contributed by atoms with Gasteiger partial charge in [-0.3, -0.25) is 4.79 Å². The average Bonchev–Trinajstić information content (AvgIpc) is 2.56. The summed E-state index contributed by atoms with van der Waals surface area (Å²) >= 11 is 5.59. The molecule has 2 aromatic rings. The molecule has 0 spiro atoms. The molecule has 0 aliphatic rings. The molecular weight excluding hydrogens is 371 g/mol. The summed E-state index contributed by atoms with van der Waals surface area (Å²) in [5.41, 5.74) is -0.381. The van der Waals surface area contributed by atoms with E-state index in [9.17, 15) is 22.8 Å². The number of esters is 1. The molecule has 0 radical (unpaired) electrons. The van der Waals surface area contributed by atoms with Gasteiger partial charge in [0.1, 0.15) is 0 Å². The van der Waals surface area contributed by atoms with Crippen LogP contribution in [-0.4, -0.2) is 18.0 Å². The van der Waals surface area contributed by atoms with E-state index in [1.807, 2.05) is 6.92 Å². The van der Waals surface area contributed by atoms with Crippen molar-refractivity contribution >= 4 is 29.2 Å². The van der Waals surface area contributed by atoms with Gasteiger partial charge >= 0.3 is 12.1 Å². The number of nitrogens with one attached hydrogen (secondary N) is 1. The number of rotatable bonds is 4.